The van der Waals surface area contributed by atoms with Crippen LogP contribution in [0.2, 0.25) is 5.02 Å². The minimum absolute atomic E-state index is 0.313. The van der Waals surface area contributed by atoms with E-state index in [1.165, 1.54) is 5.56 Å². The summed E-state index contributed by atoms with van der Waals surface area (Å²) < 4.78 is 0. The maximum Gasteiger partial charge on any atom is 0.335 e. The van der Waals surface area contributed by atoms with Crippen molar-refractivity contribution in [3.05, 3.63) is 70.2 Å². The minimum Gasteiger partial charge on any atom is -0.478 e. The second kappa shape index (κ2) is 7.25. The third-order valence-electron chi connectivity index (χ3n) is 3.31. The first-order valence-corrected chi connectivity index (χ1v) is 7.22. The Kier molecular flexibility index (Phi) is 5.37. The first-order chi connectivity index (χ1) is 10.0. The zero-order valence-corrected chi connectivity index (χ0v) is 12.6. The normalized spacial score (nSPS) is 12.1. The smallest absolute Gasteiger partial charge is 0.335 e. The summed E-state index contributed by atoms with van der Waals surface area (Å²) in [4.78, 5) is 10.8. The number of hydrogen-bond acceptors (Lipinski definition) is 2. The molecule has 21 heavy (non-hydrogen) atoms. The van der Waals surface area contributed by atoms with Gasteiger partial charge in [-0.15, -0.1) is 0 Å². The number of carboxylic acids is 1. The summed E-state index contributed by atoms with van der Waals surface area (Å²) in [6.45, 7) is 2.84. The highest BCUT2D eigenvalue weighted by Gasteiger charge is 2.05. The Morgan fingerprint density at radius 3 is 2.24 bits per heavy atom. The van der Waals surface area contributed by atoms with Gasteiger partial charge in [-0.05, 0) is 48.7 Å². The second-order valence-corrected chi connectivity index (χ2v) is 5.55. The predicted octanol–water partition coefficient (Wildman–Crippen LogP) is 3.76. The van der Waals surface area contributed by atoms with E-state index in [0.717, 1.165) is 17.0 Å². The number of aromatic carboxylic acids is 1. The zero-order chi connectivity index (χ0) is 15.2. The monoisotopic (exact) mass is 303 g/mol. The van der Waals surface area contributed by atoms with Gasteiger partial charge in [-0.3, -0.25) is 0 Å². The van der Waals surface area contributed by atoms with Crippen molar-refractivity contribution >= 4 is 17.6 Å². The number of carboxylic acid groups (broad SMARTS) is 1. The van der Waals surface area contributed by atoms with E-state index in [1.807, 2.05) is 36.4 Å². The van der Waals surface area contributed by atoms with Crippen LogP contribution in [0.3, 0.4) is 0 Å². The highest BCUT2D eigenvalue weighted by atomic mass is 35.5. The van der Waals surface area contributed by atoms with Crippen molar-refractivity contribution in [3.8, 4) is 0 Å². The van der Waals surface area contributed by atoms with Crippen LogP contribution in [0, 0.1) is 0 Å². The van der Waals surface area contributed by atoms with Crippen LogP contribution in [0.25, 0.3) is 0 Å². The first-order valence-electron chi connectivity index (χ1n) is 6.84. The molecule has 0 aliphatic carbocycles. The highest BCUT2D eigenvalue weighted by molar-refractivity contribution is 6.30. The van der Waals surface area contributed by atoms with Gasteiger partial charge in [0, 0.05) is 17.6 Å². The Morgan fingerprint density at radius 1 is 1.10 bits per heavy atom. The molecule has 0 heterocycles. The highest BCUT2D eigenvalue weighted by Crippen LogP contribution is 2.11. The van der Waals surface area contributed by atoms with Gasteiger partial charge in [-0.25, -0.2) is 4.79 Å². The van der Waals surface area contributed by atoms with Crippen molar-refractivity contribution in [2.24, 2.45) is 0 Å². The van der Waals surface area contributed by atoms with Gasteiger partial charge in [-0.2, -0.15) is 0 Å². The van der Waals surface area contributed by atoms with E-state index in [-0.39, 0.29) is 0 Å². The fraction of sp³-hybridized carbons (Fsp3) is 0.235. The molecule has 0 bridgehead atoms. The lowest BCUT2D eigenvalue weighted by molar-refractivity contribution is 0.0697. The molecule has 0 aliphatic rings. The van der Waals surface area contributed by atoms with Gasteiger partial charge in [0.05, 0.1) is 5.56 Å². The van der Waals surface area contributed by atoms with Gasteiger partial charge in [0.2, 0.25) is 0 Å². The van der Waals surface area contributed by atoms with Gasteiger partial charge in [-0.1, -0.05) is 35.9 Å². The van der Waals surface area contributed by atoms with Crippen LogP contribution in [0.1, 0.15) is 28.4 Å². The molecule has 2 rings (SSSR count). The average molecular weight is 304 g/mol. The molecular formula is C17H18ClNO2. The van der Waals surface area contributed by atoms with Crippen LogP contribution in [0.4, 0.5) is 0 Å². The number of nitrogens with one attached hydrogen (secondary N) is 1. The second-order valence-electron chi connectivity index (χ2n) is 5.11. The SMILES string of the molecule is CC(Cc1ccc(Cl)cc1)NCc1ccc(C(=O)O)cc1. The van der Waals surface area contributed by atoms with Crippen LogP contribution < -0.4 is 5.32 Å². The maximum atomic E-state index is 10.8. The summed E-state index contributed by atoms with van der Waals surface area (Å²) in [7, 11) is 0. The summed E-state index contributed by atoms with van der Waals surface area (Å²) in [5, 5.41) is 13.0. The van der Waals surface area contributed by atoms with Crippen LogP contribution in [0.5, 0.6) is 0 Å². The molecule has 1 atom stereocenters. The molecule has 0 saturated carbocycles. The number of hydrogen-bond donors (Lipinski definition) is 2. The molecule has 0 aliphatic heterocycles. The molecule has 0 amide bonds. The lowest BCUT2D eigenvalue weighted by atomic mass is 10.1. The van der Waals surface area contributed by atoms with Gasteiger partial charge in [0.1, 0.15) is 0 Å². The van der Waals surface area contributed by atoms with Crippen LogP contribution in [-0.4, -0.2) is 17.1 Å². The number of carbonyl (C=O) groups is 1. The third kappa shape index (κ3) is 4.88. The molecule has 0 aromatic heterocycles. The van der Waals surface area contributed by atoms with E-state index in [4.69, 9.17) is 16.7 Å². The van der Waals surface area contributed by atoms with Crippen molar-refractivity contribution in [2.75, 3.05) is 0 Å². The Bertz CT molecular complexity index is 593. The molecule has 0 radical (unpaired) electrons. The quantitative estimate of drug-likeness (QED) is 0.854. The summed E-state index contributed by atoms with van der Waals surface area (Å²) in [6, 6.07) is 15.1. The Balaban J connectivity index is 1.84. The van der Waals surface area contributed by atoms with E-state index in [2.05, 4.69) is 12.2 Å². The Hall–Kier alpha value is -1.84. The minimum atomic E-state index is -0.898. The molecular weight excluding hydrogens is 286 g/mol. The van der Waals surface area contributed by atoms with Gasteiger partial charge >= 0.3 is 5.97 Å². The Morgan fingerprint density at radius 2 is 1.67 bits per heavy atom. The largest absolute Gasteiger partial charge is 0.478 e. The summed E-state index contributed by atoms with van der Waals surface area (Å²) in [5.41, 5.74) is 2.62. The molecule has 2 aromatic rings. The molecule has 1 unspecified atom stereocenters. The molecule has 2 aromatic carbocycles. The molecule has 0 saturated heterocycles. The molecule has 0 spiro atoms. The van der Waals surface area contributed by atoms with Crippen molar-refractivity contribution in [3.63, 3.8) is 0 Å². The van der Waals surface area contributed by atoms with Crippen LogP contribution >= 0.6 is 11.6 Å². The topological polar surface area (TPSA) is 49.3 Å². The summed E-state index contributed by atoms with van der Waals surface area (Å²) in [5.74, 6) is -0.898. The predicted molar refractivity (Wildman–Crippen MR) is 84.9 cm³/mol. The number of halogens is 1. The molecule has 2 N–H and O–H groups in total. The lowest BCUT2D eigenvalue weighted by Gasteiger charge is -2.14. The van der Waals surface area contributed by atoms with Crippen LogP contribution in [0.15, 0.2) is 48.5 Å². The van der Waals surface area contributed by atoms with Gasteiger partial charge in [0.25, 0.3) is 0 Å². The van der Waals surface area contributed by atoms with Crippen molar-refractivity contribution < 1.29 is 9.90 Å². The fourth-order valence-corrected chi connectivity index (χ4v) is 2.23. The van der Waals surface area contributed by atoms with E-state index in [1.54, 1.807) is 12.1 Å². The van der Waals surface area contributed by atoms with E-state index in [9.17, 15) is 4.79 Å². The Labute approximate surface area is 129 Å². The van der Waals surface area contributed by atoms with E-state index < -0.39 is 5.97 Å². The lowest BCUT2D eigenvalue weighted by Crippen LogP contribution is -2.27. The summed E-state index contributed by atoms with van der Waals surface area (Å²) in [6.07, 6.45) is 0.921. The first kappa shape index (κ1) is 15.5. The maximum absolute atomic E-state index is 10.8. The molecule has 0 fully saturated rings. The van der Waals surface area contributed by atoms with Crippen molar-refractivity contribution in [1.82, 2.24) is 5.32 Å². The van der Waals surface area contributed by atoms with Crippen molar-refractivity contribution in [2.45, 2.75) is 25.9 Å². The van der Waals surface area contributed by atoms with E-state index in [0.29, 0.717) is 18.2 Å². The van der Waals surface area contributed by atoms with Crippen molar-refractivity contribution in [1.29, 1.82) is 0 Å². The van der Waals surface area contributed by atoms with Crippen LogP contribution in [-0.2, 0) is 13.0 Å². The zero-order valence-electron chi connectivity index (χ0n) is 11.8. The average Bonchev–Trinajstić information content (AvgIpc) is 2.48. The molecule has 4 heteroatoms. The third-order valence-corrected chi connectivity index (χ3v) is 3.56. The number of rotatable bonds is 6. The van der Waals surface area contributed by atoms with Gasteiger partial charge in [0.15, 0.2) is 0 Å². The molecule has 110 valence electrons. The fourth-order valence-electron chi connectivity index (χ4n) is 2.10. The number of benzene rings is 2. The molecule has 3 nitrogen and oxygen atoms in total. The van der Waals surface area contributed by atoms with E-state index >= 15 is 0 Å². The summed E-state index contributed by atoms with van der Waals surface area (Å²) >= 11 is 5.87. The van der Waals surface area contributed by atoms with Gasteiger partial charge < -0.3 is 10.4 Å². The standard InChI is InChI=1S/C17H18ClNO2/c1-12(10-13-4-8-16(18)9-5-13)19-11-14-2-6-15(7-3-14)17(20)21/h2-9,12,19H,10-11H2,1H3,(H,20,21).